The van der Waals surface area contributed by atoms with Crippen molar-refractivity contribution in [2.75, 3.05) is 35.7 Å². The van der Waals surface area contributed by atoms with Crippen LogP contribution in [0.25, 0.3) is 0 Å². The molecular formula is C40H48Br2F3N3O5S2. The van der Waals surface area contributed by atoms with E-state index in [1.54, 1.807) is 12.2 Å². The Hall–Kier alpha value is -2.72. The lowest BCUT2D eigenvalue weighted by molar-refractivity contribution is -0.340. The highest BCUT2D eigenvalue weighted by atomic mass is 79.9. The topological polar surface area (TPSA) is 101 Å². The fraction of sp³-hybridized carbons (Fsp3) is 0.475. The maximum absolute atomic E-state index is 14.1. The van der Waals surface area contributed by atoms with Gasteiger partial charge in [0, 0.05) is 72.5 Å². The Morgan fingerprint density at radius 1 is 0.764 bits per heavy atom. The first-order valence-corrected chi connectivity index (χ1v) is 23.0. The van der Waals surface area contributed by atoms with Gasteiger partial charge < -0.3 is 14.4 Å². The number of sulfonamides is 1. The highest BCUT2D eigenvalue weighted by molar-refractivity contribution is 9.10. The van der Waals surface area contributed by atoms with E-state index < -0.39 is 42.2 Å². The maximum Gasteiger partial charge on any atom is 0.560 e. The first kappa shape index (κ1) is 43.4. The lowest BCUT2D eigenvalue weighted by Gasteiger charge is -2.27. The number of hydrogen-bond acceptors (Lipinski definition) is 7. The van der Waals surface area contributed by atoms with Crippen molar-refractivity contribution in [3.63, 3.8) is 0 Å². The predicted molar refractivity (Wildman–Crippen MR) is 220 cm³/mol. The summed E-state index contributed by atoms with van der Waals surface area (Å²) in [6.45, 7) is 11.6. The van der Waals surface area contributed by atoms with E-state index in [9.17, 15) is 34.6 Å². The molecular weight excluding hydrogens is 883 g/mol. The Kier molecular flexibility index (Phi) is 12.8. The second kappa shape index (κ2) is 16.3. The highest BCUT2D eigenvalue weighted by Crippen LogP contribution is 2.50. The highest BCUT2D eigenvalue weighted by Gasteiger charge is 2.55. The number of benzene rings is 2. The minimum absolute atomic E-state index is 0.0112. The molecule has 2 aliphatic heterocycles. The number of rotatable bonds is 12. The predicted octanol–water partition coefficient (Wildman–Crippen LogP) is 9.97. The Labute approximate surface area is 340 Å². The zero-order chi connectivity index (χ0) is 40.7. The van der Waals surface area contributed by atoms with Gasteiger partial charge >= 0.3 is 15.5 Å². The molecule has 1 saturated carbocycles. The molecule has 8 nitrogen and oxygen atoms in total. The number of anilines is 2. The molecule has 0 spiro atoms. The monoisotopic (exact) mass is 929 g/mol. The van der Waals surface area contributed by atoms with Gasteiger partial charge in [0.15, 0.2) is 7.05 Å². The Bertz CT molecular complexity index is 2220. The minimum Gasteiger partial charge on any atom is -0.748 e. The number of nitrogens with zero attached hydrogens (tertiary/aromatic N) is 3. The molecule has 0 atom stereocenters. The number of unbranched alkanes of at least 4 members (excludes halogenated alkanes) is 3. The summed E-state index contributed by atoms with van der Waals surface area (Å²) in [4.78, 5) is 4.30. The summed E-state index contributed by atoms with van der Waals surface area (Å²) in [6, 6.07) is 12.0. The number of alkyl halides is 3. The van der Waals surface area contributed by atoms with E-state index in [1.807, 2.05) is 55.2 Å². The summed E-state index contributed by atoms with van der Waals surface area (Å²) in [6.07, 6.45) is 11.5. The molecule has 2 aromatic carbocycles. The van der Waals surface area contributed by atoms with Gasteiger partial charge in [0.05, 0.1) is 10.1 Å². The third-order valence-corrected chi connectivity index (χ3v) is 14.1. The van der Waals surface area contributed by atoms with E-state index in [-0.39, 0.29) is 12.1 Å². The van der Waals surface area contributed by atoms with Crippen LogP contribution >= 0.6 is 31.9 Å². The molecule has 0 bridgehead atoms. The summed E-state index contributed by atoms with van der Waals surface area (Å²) in [5.41, 5.74) is 0.213. The smallest absolute Gasteiger partial charge is 0.560 e. The average molecular weight is 932 g/mol. The molecule has 2 aromatic rings. The normalized spacial score (nSPS) is 22.0. The van der Waals surface area contributed by atoms with Crippen molar-refractivity contribution in [1.82, 2.24) is 0 Å². The summed E-state index contributed by atoms with van der Waals surface area (Å²) < 4.78 is 104. The third kappa shape index (κ3) is 8.90. The molecule has 0 radical (unpaired) electrons. The lowest BCUT2D eigenvalue weighted by atomic mass is 9.83. The van der Waals surface area contributed by atoms with E-state index in [0.29, 0.717) is 40.9 Å². The summed E-state index contributed by atoms with van der Waals surface area (Å²) in [5, 5.41) is 0. The van der Waals surface area contributed by atoms with Gasteiger partial charge in [0.2, 0.25) is 5.71 Å². The van der Waals surface area contributed by atoms with Crippen LogP contribution in [0.5, 0.6) is 0 Å². The van der Waals surface area contributed by atoms with Crippen LogP contribution in [0, 0.1) is 0 Å². The Morgan fingerprint density at radius 2 is 1.20 bits per heavy atom. The van der Waals surface area contributed by atoms with E-state index in [4.69, 9.17) is 0 Å². The second-order valence-corrected chi connectivity index (χ2v) is 20.6. The largest absolute Gasteiger partial charge is 0.748 e. The molecule has 0 N–H and O–H groups in total. The van der Waals surface area contributed by atoms with Crippen LogP contribution in [0.3, 0.4) is 0 Å². The SMILES string of the molecule is CCCCCN1/C(=C/C=C2\CCC(=C/C=C3/N(CCCCS(=O)(=O)[O-])c4ccc(Br)cc4C3(C)C)\C2=[N+](\C)S(=O)(=O)C(F)(F)F)C(C)(C)c2cc(Br)ccc21. The van der Waals surface area contributed by atoms with Gasteiger partial charge in [-0.25, -0.2) is 8.42 Å². The van der Waals surface area contributed by atoms with E-state index in [1.165, 1.54) is 0 Å². The van der Waals surface area contributed by atoms with E-state index in [2.05, 4.69) is 69.7 Å². The van der Waals surface area contributed by atoms with Crippen LogP contribution in [-0.2, 0) is 31.0 Å². The maximum atomic E-state index is 14.1. The van der Waals surface area contributed by atoms with Crippen molar-refractivity contribution < 1.29 is 38.5 Å². The zero-order valence-corrected chi connectivity index (χ0v) is 36.7. The molecule has 15 heteroatoms. The molecule has 0 saturated heterocycles. The summed E-state index contributed by atoms with van der Waals surface area (Å²) in [5.74, 6) is -0.485. The number of fused-ring (bicyclic) bond motifs is 2. The molecule has 1 fully saturated rings. The van der Waals surface area contributed by atoms with Crippen molar-refractivity contribution in [2.45, 2.75) is 95.9 Å². The molecule has 55 heavy (non-hydrogen) atoms. The molecule has 0 aromatic heterocycles. The number of allylic oxidation sites excluding steroid dienone is 8. The number of halogens is 5. The van der Waals surface area contributed by atoms with Gasteiger partial charge in [-0.15, -0.1) is 3.98 Å². The Morgan fingerprint density at radius 3 is 1.60 bits per heavy atom. The van der Waals surface area contributed by atoms with Gasteiger partial charge in [-0.2, -0.15) is 21.6 Å². The number of hydrogen-bond donors (Lipinski definition) is 0. The van der Waals surface area contributed by atoms with Gasteiger partial charge in [0.1, 0.15) is 0 Å². The van der Waals surface area contributed by atoms with Crippen LogP contribution < -0.4 is 9.80 Å². The Balaban J connectivity index is 1.63. The molecule has 3 aliphatic rings. The third-order valence-electron chi connectivity index (χ3n) is 10.8. The summed E-state index contributed by atoms with van der Waals surface area (Å²) in [7, 11) is -9.16. The van der Waals surface area contributed by atoms with Crippen LogP contribution in [0.2, 0.25) is 0 Å². The molecule has 300 valence electrons. The van der Waals surface area contributed by atoms with Gasteiger partial charge in [-0.3, -0.25) is 0 Å². The molecule has 1 aliphatic carbocycles. The van der Waals surface area contributed by atoms with Crippen molar-refractivity contribution in [2.24, 2.45) is 0 Å². The first-order valence-electron chi connectivity index (χ1n) is 18.4. The van der Waals surface area contributed by atoms with Crippen molar-refractivity contribution in [3.05, 3.63) is 103 Å². The van der Waals surface area contributed by atoms with Crippen molar-refractivity contribution in [1.29, 1.82) is 0 Å². The first-order chi connectivity index (χ1) is 25.5. The van der Waals surface area contributed by atoms with E-state index in [0.717, 1.165) is 75.7 Å². The lowest BCUT2D eigenvalue weighted by Crippen LogP contribution is -2.35. The quantitative estimate of drug-likeness (QED) is 0.119. The second-order valence-electron chi connectivity index (χ2n) is 15.3. The van der Waals surface area contributed by atoms with E-state index >= 15 is 0 Å². The van der Waals surface area contributed by atoms with Gasteiger partial charge in [-0.1, -0.05) is 91.5 Å². The van der Waals surface area contributed by atoms with Gasteiger partial charge in [0.25, 0.3) is 0 Å². The summed E-state index contributed by atoms with van der Waals surface area (Å²) >= 11 is 7.16. The van der Waals surface area contributed by atoms with Crippen molar-refractivity contribution in [3.8, 4) is 0 Å². The van der Waals surface area contributed by atoms with Crippen LogP contribution in [-0.4, -0.2) is 62.5 Å². The standard InChI is InChI=1S/C40H48Br2F3N3O5S2/c1-7-8-9-22-47-33-18-16-29(41)25-31(33)38(2,3)35(47)20-14-27-12-13-28(37(27)46(6)55(52,53)40(43,44)45)15-21-36-39(4,5)32-26-30(42)17-19-34(32)48(36)23-10-11-24-54(49,50)51/h14-21,25-26H,7-13,22-24H2,1-6H3. The average Bonchev–Trinajstić information content (AvgIpc) is 3.64. The zero-order valence-electron chi connectivity index (χ0n) is 31.9. The van der Waals surface area contributed by atoms with Crippen LogP contribution in [0.4, 0.5) is 24.5 Å². The fourth-order valence-electron chi connectivity index (χ4n) is 7.92. The van der Waals surface area contributed by atoms with Crippen LogP contribution in [0.1, 0.15) is 90.7 Å². The van der Waals surface area contributed by atoms with Gasteiger partial charge in [-0.05, 0) is 91.8 Å². The fourth-order valence-corrected chi connectivity index (χ4v) is 9.99. The molecule has 0 unspecified atom stereocenters. The molecule has 2 heterocycles. The molecule has 0 amide bonds. The van der Waals surface area contributed by atoms with Crippen LogP contribution in [0.15, 0.2) is 92.2 Å². The molecule has 5 rings (SSSR count). The minimum atomic E-state index is -5.74. The van der Waals surface area contributed by atoms with Crippen molar-refractivity contribution >= 4 is 69.1 Å².